The lowest BCUT2D eigenvalue weighted by atomic mass is 10.3. The van der Waals surface area contributed by atoms with E-state index in [4.69, 9.17) is 11.6 Å². The number of hydrogen-bond donors (Lipinski definition) is 2. The van der Waals surface area contributed by atoms with E-state index in [9.17, 15) is 22.8 Å². The van der Waals surface area contributed by atoms with Gasteiger partial charge >= 0.3 is 6.03 Å². The number of nitrogens with one attached hydrogen (secondary N) is 2. The fraction of sp³-hybridized carbons (Fsp3) is 0.400. The summed E-state index contributed by atoms with van der Waals surface area (Å²) in [5, 5.41) is 0.490. The number of rotatable bonds is 2. The highest BCUT2D eigenvalue weighted by atomic mass is 35.5. The molecule has 0 unspecified atom stereocenters. The van der Waals surface area contributed by atoms with Crippen LogP contribution < -0.4 is 10.6 Å². The van der Waals surface area contributed by atoms with Crippen LogP contribution >= 0.6 is 11.6 Å². The molecule has 78 valence electrons. The van der Waals surface area contributed by atoms with E-state index in [0.717, 1.165) is 0 Å². The summed E-state index contributed by atoms with van der Waals surface area (Å²) in [6.45, 7) is 0. The molecular formula is C5H5ClN2O5S. The fourth-order valence-corrected chi connectivity index (χ4v) is 2.17. The second-order valence-corrected chi connectivity index (χ2v) is 5.13. The minimum absolute atomic E-state index is 0.868. The second-order valence-electron chi connectivity index (χ2n) is 2.46. The first kappa shape index (κ1) is 10.9. The Hall–Kier alpha value is -1.15. The molecule has 0 bridgehead atoms. The standard InChI is InChI=1S/C5H5ClN2O5S/c6-1-14(12,13)2-3(9)7-5(11)8-4(2)10/h2H,1H2,(H2,7,8,9,10,11). The van der Waals surface area contributed by atoms with Crippen molar-refractivity contribution in [3.63, 3.8) is 0 Å². The van der Waals surface area contributed by atoms with E-state index in [1.807, 2.05) is 0 Å². The minimum atomic E-state index is -4.05. The molecule has 1 heterocycles. The van der Waals surface area contributed by atoms with Crippen LogP contribution in [0.1, 0.15) is 0 Å². The third-order valence-corrected chi connectivity index (χ3v) is 3.82. The molecule has 1 aliphatic rings. The summed E-state index contributed by atoms with van der Waals surface area (Å²) in [5.41, 5.74) is 0. The van der Waals surface area contributed by atoms with E-state index in [-0.39, 0.29) is 0 Å². The zero-order valence-corrected chi connectivity index (χ0v) is 8.18. The van der Waals surface area contributed by atoms with Crippen molar-refractivity contribution in [2.45, 2.75) is 5.25 Å². The Morgan fingerprint density at radius 2 is 1.57 bits per heavy atom. The molecule has 1 fully saturated rings. The van der Waals surface area contributed by atoms with Crippen molar-refractivity contribution in [2.75, 3.05) is 5.21 Å². The van der Waals surface area contributed by atoms with Crippen molar-refractivity contribution in [1.82, 2.24) is 10.6 Å². The van der Waals surface area contributed by atoms with E-state index >= 15 is 0 Å². The molecular weight excluding hydrogens is 236 g/mol. The second kappa shape index (κ2) is 3.54. The van der Waals surface area contributed by atoms with Crippen LogP contribution in [0.5, 0.6) is 0 Å². The third-order valence-electron chi connectivity index (χ3n) is 1.46. The van der Waals surface area contributed by atoms with Crippen LogP contribution in [0, 0.1) is 0 Å². The van der Waals surface area contributed by atoms with Crippen LogP contribution in [-0.2, 0) is 19.4 Å². The molecule has 0 aromatic rings. The topological polar surface area (TPSA) is 109 Å². The molecule has 0 aromatic carbocycles. The maximum Gasteiger partial charge on any atom is 0.328 e. The van der Waals surface area contributed by atoms with Gasteiger partial charge in [-0.2, -0.15) is 0 Å². The Kier molecular flexibility index (Phi) is 2.76. The van der Waals surface area contributed by atoms with Gasteiger partial charge in [-0.1, -0.05) is 0 Å². The largest absolute Gasteiger partial charge is 0.328 e. The van der Waals surface area contributed by atoms with Crippen LogP contribution in [0.4, 0.5) is 4.79 Å². The third kappa shape index (κ3) is 1.85. The molecule has 1 aliphatic heterocycles. The van der Waals surface area contributed by atoms with Crippen LogP contribution in [0.15, 0.2) is 0 Å². The number of hydrogen-bond acceptors (Lipinski definition) is 5. The molecule has 0 saturated carbocycles. The Labute approximate surface area is 83.7 Å². The summed E-state index contributed by atoms with van der Waals surface area (Å²) in [4.78, 5) is 32.5. The molecule has 0 spiro atoms. The highest BCUT2D eigenvalue weighted by Crippen LogP contribution is 2.08. The molecule has 1 rings (SSSR count). The monoisotopic (exact) mass is 240 g/mol. The number of imide groups is 2. The molecule has 0 atom stereocenters. The van der Waals surface area contributed by atoms with Gasteiger partial charge in [0.05, 0.1) is 0 Å². The van der Waals surface area contributed by atoms with Crippen LogP contribution in [0.2, 0.25) is 0 Å². The SMILES string of the molecule is O=C1NC(=O)C(S(=O)(=O)CCl)C(=O)N1. The Balaban J connectivity index is 3.06. The molecule has 1 saturated heterocycles. The zero-order valence-electron chi connectivity index (χ0n) is 6.61. The van der Waals surface area contributed by atoms with Gasteiger partial charge in [-0.3, -0.25) is 20.2 Å². The van der Waals surface area contributed by atoms with Crippen molar-refractivity contribution in [3.8, 4) is 0 Å². The van der Waals surface area contributed by atoms with Gasteiger partial charge in [0.15, 0.2) is 9.84 Å². The quantitative estimate of drug-likeness (QED) is 0.443. The smallest absolute Gasteiger partial charge is 0.276 e. The van der Waals surface area contributed by atoms with E-state index in [2.05, 4.69) is 0 Å². The Morgan fingerprint density at radius 1 is 1.14 bits per heavy atom. The number of alkyl halides is 1. The molecule has 9 heteroatoms. The van der Waals surface area contributed by atoms with Gasteiger partial charge in [-0.05, 0) is 0 Å². The number of sulfone groups is 1. The highest BCUT2D eigenvalue weighted by Gasteiger charge is 2.43. The van der Waals surface area contributed by atoms with E-state index in [1.165, 1.54) is 0 Å². The lowest BCUT2D eigenvalue weighted by Gasteiger charge is -2.19. The van der Waals surface area contributed by atoms with Gasteiger partial charge in [0.2, 0.25) is 5.25 Å². The first-order chi connectivity index (χ1) is 6.38. The van der Waals surface area contributed by atoms with Crippen molar-refractivity contribution in [2.24, 2.45) is 0 Å². The molecule has 14 heavy (non-hydrogen) atoms. The van der Waals surface area contributed by atoms with Crippen molar-refractivity contribution in [3.05, 3.63) is 0 Å². The first-order valence-corrected chi connectivity index (χ1v) is 5.56. The molecule has 4 amide bonds. The van der Waals surface area contributed by atoms with Gasteiger partial charge < -0.3 is 0 Å². The van der Waals surface area contributed by atoms with Crippen molar-refractivity contribution < 1.29 is 22.8 Å². The Morgan fingerprint density at radius 3 is 1.93 bits per heavy atom. The summed E-state index contributed by atoms with van der Waals surface area (Å²) >= 11 is 5.06. The van der Waals surface area contributed by atoms with Crippen molar-refractivity contribution in [1.29, 1.82) is 0 Å². The Bertz CT molecular complexity index is 382. The molecule has 0 aliphatic carbocycles. The number of barbiturate groups is 1. The average Bonchev–Trinajstić information content (AvgIpc) is 2.01. The van der Waals surface area contributed by atoms with Gasteiger partial charge in [0.25, 0.3) is 11.8 Å². The summed E-state index contributed by atoms with van der Waals surface area (Å²) in [5.74, 6) is -2.36. The number of carbonyl (C=O) groups is 3. The molecule has 0 radical (unpaired) electrons. The van der Waals surface area contributed by atoms with Gasteiger partial charge in [-0.25, -0.2) is 13.2 Å². The lowest BCUT2D eigenvalue weighted by molar-refractivity contribution is -0.129. The number of carbonyl (C=O) groups excluding carboxylic acids is 3. The summed E-state index contributed by atoms with van der Waals surface area (Å²) in [6.07, 6.45) is 0. The van der Waals surface area contributed by atoms with Gasteiger partial charge in [0.1, 0.15) is 5.21 Å². The van der Waals surface area contributed by atoms with Gasteiger partial charge in [-0.15, -0.1) is 11.6 Å². The molecule has 0 aromatic heterocycles. The highest BCUT2D eigenvalue weighted by molar-refractivity contribution is 7.94. The van der Waals surface area contributed by atoms with Crippen molar-refractivity contribution >= 4 is 39.3 Å². The molecule has 7 nitrogen and oxygen atoms in total. The fourth-order valence-electron chi connectivity index (χ4n) is 0.894. The molecule has 2 N–H and O–H groups in total. The van der Waals surface area contributed by atoms with Crippen LogP contribution in [0.3, 0.4) is 0 Å². The first-order valence-electron chi connectivity index (χ1n) is 3.31. The number of urea groups is 1. The minimum Gasteiger partial charge on any atom is -0.276 e. The average molecular weight is 241 g/mol. The maximum absolute atomic E-state index is 11.1. The van der Waals surface area contributed by atoms with E-state index in [0.29, 0.717) is 0 Å². The van der Waals surface area contributed by atoms with Crippen LogP contribution in [-0.4, -0.2) is 36.7 Å². The summed E-state index contributed by atoms with van der Waals surface area (Å²) < 4.78 is 22.2. The number of amides is 4. The normalized spacial score (nSPS) is 19.1. The zero-order chi connectivity index (χ0) is 10.9. The van der Waals surface area contributed by atoms with Crippen LogP contribution in [0.25, 0.3) is 0 Å². The lowest BCUT2D eigenvalue weighted by Crippen LogP contribution is -2.61. The summed E-state index contributed by atoms with van der Waals surface area (Å²) in [7, 11) is -4.05. The van der Waals surface area contributed by atoms with E-state index in [1.54, 1.807) is 10.6 Å². The summed E-state index contributed by atoms with van der Waals surface area (Å²) in [6, 6.07) is -1.04. The maximum atomic E-state index is 11.1. The van der Waals surface area contributed by atoms with Gasteiger partial charge in [0, 0.05) is 0 Å². The predicted octanol–water partition coefficient (Wildman–Crippen LogP) is -1.67. The van der Waals surface area contributed by atoms with E-state index < -0.39 is 38.1 Å². The number of halogens is 1. The predicted molar refractivity (Wildman–Crippen MR) is 45.1 cm³/mol.